The molecular weight excluding hydrogens is 368 g/mol. The summed E-state index contributed by atoms with van der Waals surface area (Å²) in [4.78, 5) is 17.6. The topological polar surface area (TPSA) is 36.7 Å². The fourth-order valence-corrected chi connectivity index (χ4v) is 4.44. The maximum Gasteiger partial charge on any atom is 0.290 e. The van der Waals surface area contributed by atoms with E-state index in [1.54, 1.807) is 0 Å². The summed E-state index contributed by atoms with van der Waals surface area (Å²) >= 11 is 3.50. The van der Waals surface area contributed by atoms with Crippen molar-refractivity contribution < 1.29 is 9.21 Å². The van der Waals surface area contributed by atoms with E-state index in [0.717, 1.165) is 46.9 Å². The zero-order valence-electron chi connectivity index (χ0n) is 14.1. The second-order valence-electron chi connectivity index (χ2n) is 7.00. The molecule has 0 spiro atoms. The minimum absolute atomic E-state index is 0.0570. The van der Waals surface area contributed by atoms with Crippen LogP contribution in [-0.2, 0) is 0 Å². The number of benzene rings is 1. The molecule has 0 aliphatic carbocycles. The number of likely N-dealkylation sites (tertiary alicyclic amines) is 2. The molecule has 0 radical (unpaired) electrons. The van der Waals surface area contributed by atoms with Crippen molar-refractivity contribution in [3.8, 4) is 0 Å². The molecule has 4 nitrogen and oxygen atoms in total. The van der Waals surface area contributed by atoms with E-state index in [1.807, 2.05) is 30.0 Å². The summed E-state index contributed by atoms with van der Waals surface area (Å²) in [6.07, 6.45) is 4.78. The zero-order chi connectivity index (χ0) is 16.7. The molecule has 2 aliphatic rings. The van der Waals surface area contributed by atoms with E-state index in [9.17, 15) is 4.79 Å². The Morgan fingerprint density at radius 2 is 2.04 bits per heavy atom. The Labute approximate surface area is 150 Å². The van der Waals surface area contributed by atoms with Crippen LogP contribution >= 0.6 is 15.9 Å². The molecule has 1 aromatic heterocycles. The molecule has 3 heterocycles. The molecule has 0 bridgehead atoms. The predicted molar refractivity (Wildman–Crippen MR) is 98.4 cm³/mol. The second kappa shape index (κ2) is 6.52. The largest absolute Gasteiger partial charge is 0.451 e. The number of aryl methyl sites for hydroxylation is 1. The van der Waals surface area contributed by atoms with E-state index < -0.39 is 0 Å². The molecule has 2 aliphatic heterocycles. The van der Waals surface area contributed by atoms with Gasteiger partial charge in [0.25, 0.3) is 5.91 Å². The van der Waals surface area contributed by atoms with Crippen molar-refractivity contribution in [1.82, 2.24) is 9.80 Å². The summed E-state index contributed by atoms with van der Waals surface area (Å²) in [5.74, 6) is 0.568. The smallest absolute Gasteiger partial charge is 0.290 e. The van der Waals surface area contributed by atoms with E-state index in [-0.39, 0.29) is 5.91 Å². The summed E-state index contributed by atoms with van der Waals surface area (Å²) in [5.41, 5.74) is 1.73. The molecule has 0 saturated carbocycles. The standard InChI is InChI=1S/C19H23BrN2O2/c1-13-16-11-14(20)6-7-17(16)24-18(13)19(23)22-10-4-5-15(22)12-21-8-2-3-9-21/h6-7,11,15H,2-5,8-10,12H2,1H3. The van der Waals surface area contributed by atoms with Crippen LogP contribution in [0, 0.1) is 6.92 Å². The lowest BCUT2D eigenvalue weighted by atomic mass is 10.1. The third-order valence-electron chi connectivity index (χ3n) is 5.40. The first kappa shape index (κ1) is 16.2. The molecule has 24 heavy (non-hydrogen) atoms. The Balaban J connectivity index is 1.59. The molecule has 0 N–H and O–H groups in total. The molecular formula is C19H23BrN2O2. The number of hydrogen-bond acceptors (Lipinski definition) is 3. The molecule has 2 saturated heterocycles. The lowest BCUT2D eigenvalue weighted by Gasteiger charge is -2.28. The Morgan fingerprint density at radius 3 is 2.83 bits per heavy atom. The van der Waals surface area contributed by atoms with Crippen molar-refractivity contribution in [2.24, 2.45) is 0 Å². The van der Waals surface area contributed by atoms with Gasteiger partial charge in [0.15, 0.2) is 5.76 Å². The van der Waals surface area contributed by atoms with E-state index in [2.05, 4.69) is 20.8 Å². The van der Waals surface area contributed by atoms with E-state index >= 15 is 0 Å². The molecule has 1 atom stereocenters. The fourth-order valence-electron chi connectivity index (χ4n) is 4.08. The monoisotopic (exact) mass is 390 g/mol. The van der Waals surface area contributed by atoms with Crippen LogP contribution in [0.5, 0.6) is 0 Å². The number of nitrogens with zero attached hydrogens (tertiary/aromatic N) is 2. The van der Waals surface area contributed by atoms with Gasteiger partial charge in [-0.25, -0.2) is 0 Å². The summed E-state index contributed by atoms with van der Waals surface area (Å²) in [5, 5.41) is 1.02. The number of carbonyl (C=O) groups excluding carboxylic acids is 1. The van der Waals surface area contributed by atoms with Crippen LogP contribution in [0.15, 0.2) is 27.1 Å². The van der Waals surface area contributed by atoms with Crippen LogP contribution in [0.4, 0.5) is 0 Å². The molecule has 1 amide bonds. The number of rotatable bonds is 3. The molecule has 128 valence electrons. The van der Waals surface area contributed by atoms with Crippen molar-refractivity contribution in [3.63, 3.8) is 0 Å². The van der Waals surface area contributed by atoms with E-state index in [4.69, 9.17) is 4.42 Å². The van der Waals surface area contributed by atoms with Gasteiger partial charge in [-0.3, -0.25) is 4.79 Å². The van der Waals surface area contributed by atoms with Gasteiger partial charge < -0.3 is 14.2 Å². The number of carbonyl (C=O) groups is 1. The van der Waals surface area contributed by atoms with Crippen LogP contribution in [0.1, 0.15) is 41.8 Å². The maximum absolute atomic E-state index is 13.1. The van der Waals surface area contributed by atoms with E-state index in [0.29, 0.717) is 11.8 Å². The molecule has 1 unspecified atom stereocenters. The quantitative estimate of drug-likeness (QED) is 0.787. The molecule has 2 fully saturated rings. The van der Waals surface area contributed by atoms with Crippen molar-refractivity contribution >= 4 is 32.8 Å². The highest BCUT2D eigenvalue weighted by molar-refractivity contribution is 9.10. The Kier molecular flexibility index (Phi) is 4.39. The van der Waals surface area contributed by atoms with Crippen LogP contribution < -0.4 is 0 Å². The lowest BCUT2D eigenvalue weighted by molar-refractivity contribution is 0.0678. The highest BCUT2D eigenvalue weighted by Gasteiger charge is 2.33. The van der Waals surface area contributed by atoms with Gasteiger partial charge >= 0.3 is 0 Å². The molecule has 2 aromatic rings. The first-order chi connectivity index (χ1) is 11.6. The summed E-state index contributed by atoms with van der Waals surface area (Å²) in [6, 6.07) is 6.23. The third-order valence-corrected chi connectivity index (χ3v) is 5.89. The molecule has 1 aromatic carbocycles. The van der Waals surface area contributed by atoms with Gasteiger partial charge in [0.2, 0.25) is 0 Å². The van der Waals surface area contributed by atoms with Gasteiger partial charge in [-0.2, -0.15) is 0 Å². The molecule has 5 heteroatoms. The van der Waals surface area contributed by atoms with Crippen molar-refractivity contribution in [3.05, 3.63) is 34.0 Å². The van der Waals surface area contributed by atoms with Gasteiger partial charge in [0.1, 0.15) is 5.58 Å². The van der Waals surface area contributed by atoms with E-state index in [1.165, 1.54) is 25.9 Å². The average molecular weight is 391 g/mol. The van der Waals surface area contributed by atoms with Gasteiger partial charge in [-0.05, 0) is 63.9 Å². The predicted octanol–water partition coefficient (Wildman–Crippen LogP) is 4.20. The maximum atomic E-state index is 13.1. The minimum atomic E-state index is 0.0570. The Bertz CT molecular complexity index is 764. The normalized spacial score (nSPS) is 21.9. The van der Waals surface area contributed by atoms with Crippen molar-refractivity contribution in [2.75, 3.05) is 26.2 Å². The lowest BCUT2D eigenvalue weighted by Crippen LogP contribution is -2.42. The summed E-state index contributed by atoms with van der Waals surface area (Å²) in [7, 11) is 0. The van der Waals surface area contributed by atoms with Gasteiger partial charge in [-0.1, -0.05) is 15.9 Å². The van der Waals surface area contributed by atoms with Crippen LogP contribution in [0.3, 0.4) is 0 Å². The van der Waals surface area contributed by atoms with Crippen molar-refractivity contribution in [1.29, 1.82) is 0 Å². The Hall–Kier alpha value is -1.33. The second-order valence-corrected chi connectivity index (χ2v) is 7.91. The number of hydrogen-bond donors (Lipinski definition) is 0. The number of amides is 1. The number of furan rings is 1. The van der Waals surface area contributed by atoms with Crippen LogP contribution in [0.25, 0.3) is 11.0 Å². The first-order valence-electron chi connectivity index (χ1n) is 8.85. The van der Waals surface area contributed by atoms with Gasteiger partial charge in [-0.15, -0.1) is 0 Å². The van der Waals surface area contributed by atoms with Crippen LogP contribution in [-0.4, -0.2) is 47.9 Å². The number of halogens is 1. The summed E-state index contributed by atoms with van der Waals surface area (Å²) in [6.45, 7) is 6.19. The minimum Gasteiger partial charge on any atom is -0.451 e. The highest BCUT2D eigenvalue weighted by Crippen LogP contribution is 2.31. The summed E-state index contributed by atoms with van der Waals surface area (Å²) < 4.78 is 6.93. The molecule has 4 rings (SSSR count). The van der Waals surface area contributed by atoms with Gasteiger partial charge in [0.05, 0.1) is 0 Å². The SMILES string of the molecule is Cc1c(C(=O)N2CCCC2CN2CCCC2)oc2ccc(Br)cc12. The van der Waals surface area contributed by atoms with Gasteiger partial charge in [0, 0.05) is 34.6 Å². The zero-order valence-corrected chi connectivity index (χ0v) is 15.6. The first-order valence-corrected chi connectivity index (χ1v) is 9.65. The number of fused-ring (bicyclic) bond motifs is 1. The highest BCUT2D eigenvalue weighted by atomic mass is 79.9. The average Bonchev–Trinajstić information content (AvgIpc) is 3.29. The fraction of sp³-hybridized carbons (Fsp3) is 0.526. The van der Waals surface area contributed by atoms with Crippen LogP contribution in [0.2, 0.25) is 0 Å². The Morgan fingerprint density at radius 1 is 1.25 bits per heavy atom. The van der Waals surface area contributed by atoms with Crippen molar-refractivity contribution in [2.45, 2.75) is 38.6 Å². The third kappa shape index (κ3) is 2.88.